The number of aryl methyl sites for hydroxylation is 1. The minimum absolute atomic E-state index is 0.107. The normalized spacial score (nSPS) is 18.5. The molecule has 4 rings (SSSR count). The van der Waals surface area contributed by atoms with Crippen molar-refractivity contribution in [2.24, 2.45) is 5.92 Å². The average molecular weight is 339 g/mol. The Balaban J connectivity index is 1.44. The van der Waals surface area contributed by atoms with Crippen LogP contribution in [0.25, 0.3) is 10.9 Å². The predicted octanol–water partition coefficient (Wildman–Crippen LogP) is 2.79. The number of nitrogens with one attached hydrogen (secondary N) is 1. The number of aromatic nitrogens is 1. The van der Waals surface area contributed by atoms with Crippen LogP contribution < -0.4 is 5.32 Å². The Bertz CT molecular complexity index is 798. The summed E-state index contributed by atoms with van der Waals surface area (Å²) < 4.78 is 2.13. The lowest BCUT2D eigenvalue weighted by Gasteiger charge is -2.32. The number of amides is 2. The number of piperidine rings is 1. The van der Waals surface area contributed by atoms with E-state index in [0.29, 0.717) is 13.1 Å². The van der Waals surface area contributed by atoms with Crippen LogP contribution in [0.5, 0.6) is 0 Å². The zero-order valence-electron chi connectivity index (χ0n) is 14.7. The van der Waals surface area contributed by atoms with Crippen molar-refractivity contribution in [1.29, 1.82) is 0 Å². The van der Waals surface area contributed by atoms with Gasteiger partial charge in [0.1, 0.15) is 0 Å². The summed E-state index contributed by atoms with van der Waals surface area (Å²) in [5.41, 5.74) is 1.90. The molecule has 1 aromatic carbocycles. The summed E-state index contributed by atoms with van der Waals surface area (Å²) in [5, 5.41) is 4.17. The smallest absolute Gasteiger partial charge is 0.256 e. The van der Waals surface area contributed by atoms with Crippen LogP contribution in [0.15, 0.2) is 30.5 Å². The monoisotopic (exact) mass is 339 g/mol. The van der Waals surface area contributed by atoms with Gasteiger partial charge in [-0.2, -0.15) is 0 Å². The maximum Gasteiger partial charge on any atom is 0.256 e. The van der Waals surface area contributed by atoms with Crippen molar-refractivity contribution < 1.29 is 9.59 Å². The van der Waals surface area contributed by atoms with Crippen LogP contribution in [0, 0.1) is 5.92 Å². The van der Waals surface area contributed by atoms with E-state index in [1.807, 2.05) is 29.3 Å². The third-order valence-electron chi connectivity index (χ3n) is 5.44. The highest BCUT2D eigenvalue weighted by atomic mass is 16.2. The highest BCUT2D eigenvalue weighted by Crippen LogP contribution is 2.29. The van der Waals surface area contributed by atoms with E-state index in [-0.39, 0.29) is 23.8 Å². The summed E-state index contributed by atoms with van der Waals surface area (Å²) in [5.74, 6) is 0.561. The molecule has 2 aromatic rings. The Morgan fingerprint density at radius 2 is 1.84 bits per heavy atom. The number of rotatable bonds is 4. The largest absolute Gasteiger partial charge is 0.353 e. The number of likely N-dealkylation sites (tertiary alicyclic amines) is 1. The van der Waals surface area contributed by atoms with Crippen LogP contribution in [0.2, 0.25) is 0 Å². The summed E-state index contributed by atoms with van der Waals surface area (Å²) in [6.07, 6.45) is 5.73. The minimum atomic E-state index is 0.107. The quantitative estimate of drug-likeness (QED) is 0.931. The maximum atomic E-state index is 13.0. The number of nitrogens with zero attached hydrogens (tertiary/aromatic N) is 2. The van der Waals surface area contributed by atoms with Crippen molar-refractivity contribution in [3.05, 3.63) is 36.0 Å². The van der Waals surface area contributed by atoms with Crippen molar-refractivity contribution in [3.8, 4) is 0 Å². The van der Waals surface area contributed by atoms with Gasteiger partial charge in [0.25, 0.3) is 5.91 Å². The lowest BCUT2D eigenvalue weighted by molar-refractivity contribution is -0.123. The Kier molecular flexibility index (Phi) is 4.24. The van der Waals surface area contributed by atoms with Crippen molar-refractivity contribution in [2.45, 2.75) is 45.2 Å². The van der Waals surface area contributed by atoms with Gasteiger partial charge < -0.3 is 14.8 Å². The molecule has 1 aliphatic heterocycles. The average Bonchev–Trinajstić information content (AvgIpc) is 3.43. The molecule has 0 unspecified atom stereocenters. The molecular formula is C20H25N3O2. The number of para-hydroxylation sites is 1. The van der Waals surface area contributed by atoms with Crippen molar-refractivity contribution in [2.75, 3.05) is 13.1 Å². The van der Waals surface area contributed by atoms with Crippen LogP contribution in [-0.2, 0) is 11.3 Å². The number of hydrogen-bond acceptors (Lipinski definition) is 2. The van der Waals surface area contributed by atoms with E-state index >= 15 is 0 Å². The Labute approximate surface area is 148 Å². The first-order chi connectivity index (χ1) is 12.2. The molecule has 2 heterocycles. The number of carbonyl (C=O) groups excluding carboxylic acids is 2. The van der Waals surface area contributed by atoms with E-state index in [9.17, 15) is 9.59 Å². The molecule has 2 amide bonds. The zero-order chi connectivity index (χ0) is 17.4. The van der Waals surface area contributed by atoms with Gasteiger partial charge in [-0.1, -0.05) is 18.2 Å². The van der Waals surface area contributed by atoms with Gasteiger partial charge in [0.15, 0.2) is 0 Å². The lowest BCUT2D eigenvalue weighted by Crippen LogP contribution is -2.46. The molecule has 1 saturated carbocycles. The second kappa shape index (κ2) is 6.54. The lowest BCUT2D eigenvalue weighted by atomic mass is 10.0. The second-order valence-corrected chi connectivity index (χ2v) is 7.20. The van der Waals surface area contributed by atoms with Crippen LogP contribution in [0.1, 0.15) is 43.0 Å². The highest BCUT2D eigenvalue weighted by Gasteiger charge is 2.32. The molecule has 0 spiro atoms. The molecule has 1 aliphatic carbocycles. The predicted molar refractivity (Wildman–Crippen MR) is 97.4 cm³/mol. The van der Waals surface area contributed by atoms with Gasteiger partial charge in [-0.05, 0) is 38.7 Å². The van der Waals surface area contributed by atoms with E-state index in [1.165, 1.54) is 0 Å². The van der Waals surface area contributed by atoms with Gasteiger partial charge in [0, 0.05) is 48.7 Å². The highest BCUT2D eigenvalue weighted by molar-refractivity contribution is 6.07. The van der Waals surface area contributed by atoms with Gasteiger partial charge in [0.05, 0.1) is 5.56 Å². The number of benzene rings is 1. The van der Waals surface area contributed by atoms with Gasteiger partial charge in [0.2, 0.25) is 5.91 Å². The molecule has 5 heteroatoms. The summed E-state index contributed by atoms with van der Waals surface area (Å²) >= 11 is 0. The molecule has 2 aliphatic rings. The topological polar surface area (TPSA) is 54.3 Å². The molecule has 1 N–H and O–H groups in total. The van der Waals surface area contributed by atoms with Crippen molar-refractivity contribution >= 4 is 22.7 Å². The fourth-order valence-corrected chi connectivity index (χ4v) is 3.74. The van der Waals surface area contributed by atoms with Crippen molar-refractivity contribution in [1.82, 2.24) is 14.8 Å². The van der Waals surface area contributed by atoms with E-state index < -0.39 is 0 Å². The first kappa shape index (κ1) is 16.2. The molecule has 1 aromatic heterocycles. The fourth-order valence-electron chi connectivity index (χ4n) is 3.74. The first-order valence-electron chi connectivity index (χ1n) is 9.35. The Hall–Kier alpha value is -2.30. The summed E-state index contributed by atoms with van der Waals surface area (Å²) in [6.45, 7) is 4.36. The number of fused-ring (bicyclic) bond motifs is 1. The maximum absolute atomic E-state index is 13.0. The summed E-state index contributed by atoms with van der Waals surface area (Å²) in [4.78, 5) is 26.8. The Morgan fingerprint density at radius 3 is 2.52 bits per heavy atom. The Morgan fingerprint density at radius 1 is 1.12 bits per heavy atom. The SMILES string of the molecule is CCn1cc(C(=O)N2CCC(NC(=O)C3CC3)CC2)c2ccccc21. The van der Waals surface area contributed by atoms with Gasteiger partial charge in [-0.25, -0.2) is 0 Å². The zero-order valence-corrected chi connectivity index (χ0v) is 14.7. The summed E-state index contributed by atoms with van der Waals surface area (Å²) in [6, 6.07) is 8.30. The molecule has 0 atom stereocenters. The standard InChI is InChI=1S/C20H25N3O2/c1-2-22-13-17(16-5-3-4-6-18(16)22)20(25)23-11-9-15(10-12-23)21-19(24)14-7-8-14/h3-6,13-15H,2,7-12H2,1H3,(H,21,24). The molecule has 1 saturated heterocycles. The molecule has 0 bridgehead atoms. The fraction of sp³-hybridized carbons (Fsp3) is 0.500. The first-order valence-corrected chi connectivity index (χ1v) is 9.35. The molecular weight excluding hydrogens is 314 g/mol. The van der Waals surface area contributed by atoms with Gasteiger partial charge >= 0.3 is 0 Å². The molecule has 132 valence electrons. The van der Waals surface area contributed by atoms with Crippen molar-refractivity contribution in [3.63, 3.8) is 0 Å². The second-order valence-electron chi connectivity index (χ2n) is 7.20. The van der Waals surface area contributed by atoms with E-state index in [0.717, 1.165) is 48.7 Å². The van der Waals surface area contributed by atoms with Crippen LogP contribution in [0.3, 0.4) is 0 Å². The molecule has 0 radical (unpaired) electrons. The molecule has 5 nitrogen and oxygen atoms in total. The number of hydrogen-bond donors (Lipinski definition) is 1. The molecule has 25 heavy (non-hydrogen) atoms. The third-order valence-corrected chi connectivity index (χ3v) is 5.44. The summed E-state index contributed by atoms with van der Waals surface area (Å²) in [7, 11) is 0. The van der Waals surface area contributed by atoms with E-state index in [1.54, 1.807) is 0 Å². The minimum Gasteiger partial charge on any atom is -0.353 e. The van der Waals surface area contributed by atoms with Crippen LogP contribution in [0.4, 0.5) is 0 Å². The van der Waals surface area contributed by atoms with Gasteiger partial charge in [-0.3, -0.25) is 9.59 Å². The number of carbonyl (C=O) groups is 2. The van der Waals surface area contributed by atoms with Gasteiger partial charge in [-0.15, -0.1) is 0 Å². The van der Waals surface area contributed by atoms with E-state index in [4.69, 9.17) is 0 Å². The van der Waals surface area contributed by atoms with E-state index in [2.05, 4.69) is 22.9 Å². The van der Waals surface area contributed by atoms with Crippen LogP contribution in [-0.4, -0.2) is 40.4 Å². The molecule has 2 fully saturated rings. The third kappa shape index (κ3) is 3.15. The van der Waals surface area contributed by atoms with Crippen LogP contribution >= 0.6 is 0 Å².